The van der Waals surface area contributed by atoms with Crippen molar-refractivity contribution in [1.82, 2.24) is 29.0 Å². The number of amides is 1. The number of rotatable bonds is 3. The van der Waals surface area contributed by atoms with Crippen molar-refractivity contribution >= 4 is 11.6 Å². The van der Waals surface area contributed by atoms with Crippen LogP contribution in [-0.4, -0.2) is 54.7 Å². The third-order valence-electron chi connectivity index (χ3n) is 5.44. The molecule has 2 atom stereocenters. The van der Waals surface area contributed by atoms with Crippen LogP contribution in [0.4, 0.5) is 0 Å². The van der Waals surface area contributed by atoms with Crippen molar-refractivity contribution in [3.05, 3.63) is 47.9 Å². The predicted molar refractivity (Wildman–Crippen MR) is 92.7 cm³/mol. The average molecular weight is 352 g/mol. The van der Waals surface area contributed by atoms with Crippen molar-refractivity contribution in [3.63, 3.8) is 0 Å². The summed E-state index contributed by atoms with van der Waals surface area (Å²) in [6.07, 6.45) is 6.30. The second-order valence-electron chi connectivity index (χ2n) is 6.86. The highest BCUT2D eigenvalue weighted by molar-refractivity contribution is 5.93. The Bertz CT molecular complexity index is 977. The van der Waals surface area contributed by atoms with Gasteiger partial charge in [0.05, 0.1) is 12.1 Å². The van der Waals surface area contributed by atoms with Gasteiger partial charge in [-0.25, -0.2) is 4.98 Å². The number of imidazole rings is 1. The van der Waals surface area contributed by atoms with Crippen LogP contribution >= 0.6 is 0 Å². The fraction of sp³-hybridized carbons (Fsp3) is 0.444. The molecule has 0 bridgehead atoms. The van der Waals surface area contributed by atoms with E-state index in [0.717, 1.165) is 43.1 Å². The van der Waals surface area contributed by atoms with Gasteiger partial charge in [-0.2, -0.15) is 0 Å². The molecule has 2 aliphatic rings. The monoisotopic (exact) mass is 352 g/mol. The van der Waals surface area contributed by atoms with E-state index < -0.39 is 0 Å². The number of hydrogen-bond acceptors (Lipinski definition) is 5. The minimum atomic E-state index is -0.120. The predicted octanol–water partition coefficient (Wildman–Crippen LogP) is 1.47. The van der Waals surface area contributed by atoms with Crippen molar-refractivity contribution in [1.29, 1.82) is 0 Å². The Labute approximate surface area is 150 Å². The van der Waals surface area contributed by atoms with E-state index in [4.69, 9.17) is 4.74 Å². The zero-order chi connectivity index (χ0) is 17.7. The molecule has 0 aliphatic carbocycles. The number of aryl methyl sites for hydroxylation is 1. The number of fused-ring (bicyclic) bond motifs is 2. The van der Waals surface area contributed by atoms with Gasteiger partial charge in [-0.15, -0.1) is 10.2 Å². The molecule has 134 valence electrons. The lowest BCUT2D eigenvalue weighted by molar-refractivity contribution is 0.0675. The Balaban J connectivity index is 1.55. The summed E-state index contributed by atoms with van der Waals surface area (Å²) in [6.45, 7) is 1.47. The van der Waals surface area contributed by atoms with Crippen LogP contribution in [0.2, 0.25) is 0 Å². The zero-order valence-electron chi connectivity index (χ0n) is 14.6. The van der Waals surface area contributed by atoms with Gasteiger partial charge in [0.1, 0.15) is 17.2 Å². The highest BCUT2D eigenvalue weighted by atomic mass is 16.5. The van der Waals surface area contributed by atoms with Gasteiger partial charge in [0.2, 0.25) is 0 Å². The van der Waals surface area contributed by atoms with E-state index in [1.165, 1.54) is 0 Å². The van der Waals surface area contributed by atoms with E-state index in [1.54, 1.807) is 13.3 Å². The molecule has 0 saturated carbocycles. The van der Waals surface area contributed by atoms with Crippen LogP contribution in [0, 0.1) is 0 Å². The van der Waals surface area contributed by atoms with E-state index in [0.29, 0.717) is 12.2 Å². The number of likely N-dealkylation sites (tertiary alicyclic amines) is 1. The number of pyridine rings is 1. The number of aromatic nitrogens is 5. The van der Waals surface area contributed by atoms with Gasteiger partial charge >= 0.3 is 0 Å². The summed E-state index contributed by atoms with van der Waals surface area (Å²) in [5, 5.41) is 8.73. The first kappa shape index (κ1) is 15.5. The Morgan fingerprint density at radius 1 is 1.31 bits per heavy atom. The maximum atomic E-state index is 13.4. The minimum absolute atomic E-state index is 0.000272. The Kier molecular flexibility index (Phi) is 3.53. The summed E-state index contributed by atoms with van der Waals surface area (Å²) in [7, 11) is 1.69. The van der Waals surface area contributed by atoms with Gasteiger partial charge in [0, 0.05) is 45.4 Å². The smallest absolute Gasteiger partial charge is 0.271 e. The molecule has 0 radical (unpaired) electrons. The molecule has 26 heavy (non-hydrogen) atoms. The third-order valence-corrected chi connectivity index (χ3v) is 5.44. The zero-order valence-corrected chi connectivity index (χ0v) is 14.6. The summed E-state index contributed by atoms with van der Waals surface area (Å²) < 4.78 is 9.57. The SMILES string of the molecule is CO[C@@H]1C[C@@H](c2nnc3n2CCC3)N(C(=O)c2cccc3nccn23)C1. The Hall–Kier alpha value is -2.74. The second kappa shape index (κ2) is 5.91. The third kappa shape index (κ3) is 2.25. The summed E-state index contributed by atoms with van der Waals surface area (Å²) in [6, 6.07) is 5.47. The van der Waals surface area contributed by atoms with Crippen molar-refractivity contribution < 1.29 is 9.53 Å². The molecule has 0 unspecified atom stereocenters. The van der Waals surface area contributed by atoms with E-state index in [-0.39, 0.29) is 18.1 Å². The topological polar surface area (TPSA) is 77.6 Å². The van der Waals surface area contributed by atoms with Crippen molar-refractivity contribution in [2.24, 2.45) is 0 Å². The van der Waals surface area contributed by atoms with Gasteiger partial charge in [-0.05, 0) is 18.6 Å². The number of methoxy groups -OCH3 is 1. The van der Waals surface area contributed by atoms with E-state index >= 15 is 0 Å². The van der Waals surface area contributed by atoms with Crippen LogP contribution in [0.5, 0.6) is 0 Å². The largest absolute Gasteiger partial charge is 0.380 e. The maximum absolute atomic E-state index is 13.4. The molecule has 3 aromatic heterocycles. The fourth-order valence-corrected chi connectivity index (χ4v) is 4.13. The van der Waals surface area contributed by atoms with Gasteiger partial charge in [0.15, 0.2) is 5.82 Å². The first-order valence-corrected chi connectivity index (χ1v) is 8.94. The molecular formula is C18H20N6O2. The molecule has 3 aromatic rings. The molecule has 5 rings (SSSR count). The number of ether oxygens (including phenoxy) is 1. The number of hydrogen-bond donors (Lipinski definition) is 0. The lowest BCUT2D eigenvalue weighted by Crippen LogP contribution is -2.34. The maximum Gasteiger partial charge on any atom is 0.271 e. The first-order chi connectivity index (χ1) is 12.8. The first-order valence-electron chi connectivity index (χ1n) is 8.94. The summed E-state index contributed by atoms with van der Waals surface area (Å²) in [4.78, 5) is 19.5. The van der Waals surface area contributed by atoms with Crippen LogP contribution in [0.15, 0.2) is 30.6 Å². The van der Waals surface area contributed by atoms with E-state index in [9.17, 15) is 4.79 Å². The second-order valence-corrected chi connectivity index (χ2v) is 6.86. The molecule has 8 heteroatoms. The number of carbonyl (C=O) groups excluding carboxylic acids is 1. The lowest BCUT2D eigenvalue weighted by atomic mass is 10.1. The van der Waals surface area contributed by atoms with Crippen LogP contribution in [-0.2, 0) is 17.7 Å². The number of carbonyl (C=O) groups is 1. The molecule has 0 spiro atoms. The highest BCUT2D eigenvalue weighted by Gasteiger charge is 2.40. The van der Waals surface area contributed by atoms with Gasteiger partial charge < -0.3 is 14.2 Å². The Morgan fingerprint density at radius 2 is 2.23 bits per heavy atom. The normalized spacial score (nSPS) is 22.3. The minimum Gasteiger partial charge on any atom is -0.380 e. The molecular weight excluding hydrogens is 332 g/mol. The molecule has 0 N–H and O–H groups in total. The van der Waals surface area contributed by atoms with Crippen LogP contribution in [0.1, 0.15) is 41.0 Å². The quantitative estimate of drug-likeness (QED) is 0.713. The van der Waals surface area contributed by atoms with Gasteiger partial charge in [-0.1, -0.05) is 6.07 Å². The van der Waals surface area contributed by atoms with Crippen molar-refractivity contribution in [2.75, 3.05) is 13.7 Å². The average Bonchev–Trinajstić information content (AvgIpc) is 3.42. The van der Waals surface area contributed by atoms with Gasteiger partial charge in [0.25, 0.3) is 5.91 Å². The summed E-state index contributed by atoms with van der Waals surface area (Å²) in [5.41, 5.74) is 1.36. The molecule has 1 amide bonds. The molecule has 0 aromatic carbocycles. The van der Waals surface area contributed by atoms with Crippen molar-refractivity contribution in [2.45, 2.75) is 38.0 Å². The van der Waals surface area contributed by atoms with Crippen LogP contribution in [0.3, 0.4) is 0 Å². The van der Waals surface area contributed by atoms with Crippen LogP contribution in [0.25, 0.3) is 5.65 Å². The molecule has 1 saturated heterocycles. The van der Waals surface area contributed by atoms with Crippen LogP contribution < -0.4 is 0 Å². The lowest BCUT2D eigenvalue weighted by Gasteiger charge is -2.24. The van der Waals surface area contributed by atoms with E-state index in [1.807, 2.05) is 33.7 Å². The van der Waals surface area contributed by atoms with Crippen molar-refractivity contribution in [3.8, 4) is 0 Å². The molecule has 5 heterocycles. The molecule has 2 aliphatic heterocycles. The molecule has 8 nitrogen and oxygen atoms in total. The fourth-order valence-electron chi connectivity index (χ4n) is 4.13. The summed E-state index contributed by atoms with van der Waals surface area (Å²) >= 11 is 0. The molecule has 1 fully saturated rings. The highest BCUT2D eigenvalue weighted by Crippen LogP contribution is 2.35. The summed E-state index contributed by atoms with van der Waals surface area (Å²) in [5.74, 6) is 1.86. The standard InChI is InChI=1S/C18H20N6O2/c1-26-12-10-14(17-21-20-16-6-3-8-23(16)17)24(11-12)18(25)13-4-2-5-15-19-7-9-22(13)15/h2,4-5,7,9,12,14H,3,6,8,10-11H2,1H3/t12-,14+/m1/s1. The van der Waals surface area contributed by atoms with E-state index in [2.05, 4.69) is 19.7 Å². The van der Waals surface area contributed by atoms with Gasteiger partial charge in [-0.3, -0.25) is 9.20 Å². The Morgan fingerprint density at radius 3 is 3.12 bits per heavy atom. The number of nitrogens with zero attached hydrogens (tertiary/aromatic N) is 6.